The fraction of sp³-hybridized carbons (Fsp3) is 0.400. The molecule has 0 aliphatic heterocycles. The first-order valence-electron chi connectivity index (χ1n) is 6.79. The van der Waals surface area contributed by atoms with Gasteiger partial charge in [-0.15, -0.1) is 0 Å². The van der Waals surface area contributed by atoms with E-state index in [9.17, 15) is 0 Å². The monoisotopic (exact) mass is 259 g/mol. The average Bonchev–Trinajstić information content (AvgIpc) is 2.91. The number of benzene rings is 1. The number of hydrogen-bond donors (Lipinski definition) is 1. The van der Waals surface area contributed by atoms with E-state index in [4.69, 9.17) is 4.74 Å². The van der Waals surface area contributed by atoms with E-state index in [1.807, 2.05) is 36.8 Å². The van der Waals surface area contributed by atoms with Crippen LogP contribution in [0.4, 0.5) is 5.69 Å². The third-order valence-electron chi connectivity index (χ3n) is 2.95. The maximum absolute atomic E-state index is 5.73. The summed E-state index contributed by atoms with van der Waals surface area (Å²) in [6.07, 6.45) is 4.76. The lowest BCUT2D eigenvalue weighted by atomic mass is 10.3. The molecule has 4 heteroatoms. The quantitative estimate of drug-likeness (QED) is 0.829. The Bertz CT molecular complexity index is 508. The van der Waals surface area contributed by atoms with Crippen LogP contribution in [0.25, 0.3) is 0 Å². The van der Waals surface area contributed by atoms with Gasteiger partial charge in [-0.25, -0.2) is 4.98 Å². The lowest BCUT2D eigenvalue weighted by molar-refractivity contribution is 0.319. The van der Waals surface area contributed by atoms with E-state index in [1.165, 1.54) is 5.69 Å². The largest absolute Gasteiger partial charge is 0.491 e. The van der Waals surface area contributed by atoms with Crippen molar-refractivity contribution in [2.45, 2.75) is 33.4 Å². The number of ether oxygens (including phenoxy) is 1. The Morgan fingerprint density at radius 3 is 2.89 bits per heavy atom. The Morgan fingerprint density at radius 1 is 1.26 bits per heavy atom. The second-order valence-electron chi connectivity index (χ2n) is 4.37. The molecule has 0 atom stereocenters. The Kier molecular flexibility index (Phi) is 4.84. The van der Waals surface area contributed by atoms with E-state index in [0.29, 0.717) is 0 Å². The van der Waals surface area contributed by atoms with Gasteiger partial charge >= 0.3 is 0 Å². The number of anilines is 1. The molecule has 0 spiro atoms. The highest BCUT2D eigenvalue weighted by molar-refractivity contribution is 5.56. The van der Waals surface area contributed by atoms with Gasteiger partial charge in [-0.3, -0.25) is 0 Å². The van der Waals surface area contributed by atoms with Gasteiger partial charge < -0.3 is 14.6 Å². The maximum Gasteiger partial charge on any atom is 0.142 e. The summed E-state index contributed by atoms with van der Waals surface area (Å²) in [4.78, 5) is 4.17. The molecular formula is C15H21N3O. The summed E-state index contributed by atoms with van der Waals surface area (Å²) in [5.74, 6) is 0.909. The van der Waals surface area contributed by atoms with Crippen molar-refractivity contribution in [1.82, 2.24) is 9.55 Å². The number of nitrogens with one attached hydrogen (secondary N) is 1. The molecular weight excluding hydrogens is 238 g/mol. The van der Waals surface area contributed by atoms with Crippen molar-refractivity contribution in [1.29, 1.82) is 0 Å². The second kappa shape index (κ2) is 6.83. The zero-order valence-electron chi connectivity index (χ0n) is 11.6. The number of nitrogens with zero attached hydrogens (tertiary/aromatic N) is 2. The molecule has 0 unspecified atom stereocenters. The molecule has 0 aliphatic rings. The van der Waals surface area contributed by atoms with Gasteiger partial charge in [-0.1, -0.05) is 19.1 Å². The highest BCUT2D eigenvalue weighted by Gasteiger charge is 2.04. The first-order chi connectivity index (χ1) is 9.35. The molecule has 0 fully saturated rings. The summed E-state index contributed by atoms with van der Waals surface area (Å²) >= 11 is 0. The Morgan fingerprint density at radius 2 is 2.11 bits per heavy atom. The molecule has 0 amide bonds. The molecule has 102 valence electrons. The van der Waals surface area contributed by atoms with Gasteiger partial charge in [0.05, 0.1) is 30.9 Å². The second-order valence-corrected chi connectivity index (χ2v) is 4.37. The summed E-state index contributed by atoms with van der Waals surface area (Å²) < 4.78 is 7.86. The lowest BCUT2D eigenvalue weighted by Gasteiger charge is -2.13. The number of imidazole rings is 1. The SMILES string of the molecule is CCCOc1ccccc1NCc1cncn1CC. The molecule has 0 radical (unpaired) electrons. The smallest absolute Gasteiger partial charge is 0.142 e. The predicted molar refractivity (Wildman–Crippen MR) is 77.5 cm³/mol. The minimum absolute atomic E-state index is 0.742. The first kappa shape index (κ1) is 13.5. The first-order valence-corrected chi connectivity index (χ1v) is 6.79. The highest BCUT2D eigenvalue weighted by Crippen LogP contribution is 2.24. The maximum atomic E-state index is 5.73. The van der Waals surface area contributed by atoms with E-state index >= 15 is 0 Å². The topological polar surface area (TPSA) is 39.1 Å². The van der Waals surface area contributed by atoms with Crippen molar-refractivity contribution in [3.63, 3.8) is 0 Å². The van der Waals surface area contributed by atoms with Crippen LogP contribution in [0.3, 0.4) is 0 Å². The minimum atomic E-state index is 0.742. The Hall–Kier alpha value is -1.97. The summed E-state index contributed by atoms with van der Waals surface area (Å²) in [6, 6.07) is 8.04. The molecule has 0 bridgehead atoms. The van der Waals surface area contributed by atoms with Gasteiger partial charge in [0.25, 0.3) is 0 Å². The van der Waals surface area contributed by atoms with E-state index < -0.39 is 0 Å². The molecule has 1 heterocycles. The average molecular weight is 259 g/mol. The summed E-state index contributed by atoms with van der Waals surface area (Å²) in [5.41, 5.74) is 2.20. The van der Waals surface area contributed by atoms with Crippen LogP contribution in [0.15, 0.2) is 36.8 Å². The molecule has 1 aromatic carbocycles. The number of rotatable bonds is 7. The zero-order valence-corrected chi connectivity index (χ0v) is 11.6. The van der Waals surface area contributed by atoms with Crippen LogP contribution in [0, 0.1) is 0 Å². The van der Waals surface area contributed by atoms with Crippen molar-refractivity contribution in [3.8, 4) is 5.75 Å². The van der Waals surface area contributed by atoms with Gasteiger partial charge in [-0.05, 0) is 25.5 Å². The summed E-state index contributed by atoms with van der Waals surface area (Å²) in [7, 11) is 0. The van der Waals surface area contributed by atoms with Crippen LogP contribution in [0.2, 0.25) is 0 Å². The van der Waals surface area contributed by atoms with Crippen molar-refractivity contribution < 1.29 is 4.74 Å². The Labute approximate surface area is 114 Å². The van der Waals surface area contributed by atoms with Crippen molar-refractivity contribution in [2.24, 2.45) is 0 Å². The van der Waals surface area contributed by atoms with E-state index in [1.54, 1.807) is 0 Å². The van der Waals surface area contributed by atoms with Crippen LogP contribution in [-0.2, 0) is 13.1 Å². The normalized spacial score (nSPS) is 10.4. The number of hydrogen-bond acceptors (Lipinski definition) is 3. The van der Waals surface area contributed by atoms with Gasteiger partial charge in [0.15, 0.2) is 0 Å². The Balaban J connectivity index is 2.02. The van der Waals surface area contributed by atoms with Crippen LogP contribution in [0.1, 0.15) is 26.0 Å². The minimum Gasteiger partial charge on any atom is -0.491 e. The van der Waals surface area contributed by atoms with Crippen molar-refractivity contribution in [2.75, 3.05) is 11.9 Å². The number of aryl methyl sites for hydroxylation is 1. The molecule has 0 aliphatic carbocycles. The fourth-order valence-electron chi connectivity index (χ4n) is 1.92. The zero-order chi connectivity index (χ0) is 13.5. The molecule has 0 saturated carbocycles. The van der Waals surface area contributed by atoms with Crippen LogP contribution >= 0.6 is 0 Å². The molecule has 0 saturated heterocycles. The molecule has 2 aromatic rings. The standard InChI is InChI=1S/C15H21N3O/c1-3-9-19-15-8-6-5-7-14(15)17-11-13-10-16-12-18(13)4-2/h5-8,10,12,17H,3-4,9,11H2,1-2H3. The van der Waals surface area contributed by atoms with Crippen molar-refractivity contribution >= 4 is 5.69 Å². The molecule has 1 N–H and O–H groups in total. The molecule has 1 aromatic heterocycles. The third kappa shape index (κ3) is 3.50. The molecule has 19 heavy (non-hydrogen) atoms. The van der Waals surface area contributed by atoms with Gasteiger partial charge in [0.1, 0.15) is 5.75 Å². The van der Waals surface area contributed by atoms with Gasteiger partial charge in [-0.2, -0.15) is 0 Å². The molecule has 4 nitrogen and oxygen atoms in total. The van der Waals surface area contributed by atoms with E-state index in [-0.39, 0.29) is 0 Å². The highest BCUT2D eigenvalue weighted by atomic mass is 16.5. The summed E-state index contributed by atoms with van der Waals surface area (Å²) in [6.45, 7) is 6.65. The predicted octanol–water partition coefficient (Wildman–Crippen LogP) is 3.30. The van der Waals surface area contributed by atoms with Gasteiger partial charge in [0, 0.05) is 12.7 Å². The summed E-state index contributed by atoms with van der Waals surface area (Å²) in [5, 5.41) is 3.41. The third-order valence-corrected chi connectivity index (χ3v) is 2.95. The van der Waals surface area contributed by atoms with E-state index in [0.717, 1.165) is 37.6 Å². The van der Waals surface area contributed by atoms with E-state index in [2.05, 4.69) is 28.7 Å². The number of para-hydroxylation sites is 2. The van der Waals surface area contributed by atoms with Crippen molar-refractivity contribution in [3.05, 3.63) is 42.5 Å². The van der Waals surface area contributed by atoms with Crippen LogP contribution < -0.4 is 10.1 Å². The molecule has 2 rings (SSSR count). The van der Waals surface area contributed by atoms with Crippen LogP contribution in [-0.4, -0.2) is 16.2 Å². The van der Waals surface area contributed by atoms with Crippen LogP contribution in [0.5, 0.6) is 5.75 Å². The number of aromatic nitrogens is 2. The van der Waals surface area contributed by atoms with Gasteiger partial charge in [0.2, 0.25) is 0 Å². The lowest BCUT2D eigenvalue weighted by Crippen LogP contribution is -2.07. The fourth-order valence-corrected chi connectivity index (χ4v) is 1.92.